The van der Waals surface area contributed by atoms with Crippen LogP contribution in [0.4, 0.5) is 0 Å². The van der Waals surface area contributed by atoms with Crippen molar-refractivity contribution in [1.29, 1.82) is 0 Å². The zero-order valence-corrected chi connectivity index (χ0v) is 16.5. The van der Waals surface area contributed by atoms with Crippen LogP contribution >= 0.6 is 31.9 Å². The first kappa shape index (κ1) is 18.2. The summed E-state index contributed by atoms with van der Waals surface area (Å²) < 4.78 is 2.43. The Morgan fingerprint density at radius 3 is 2.35 bits per heavy atom. The lowest BCUT2D eigenvalue weighted by molar-refractivity contribution is 0.298. The summed E-state index contributed by atoms with van der Waals surface area (Å²) in [5.41, 5.74) is 3.05. The van der Waals surface area contributed by atoms with E-state index in [0.717, 1.165) is 13.0 Å². The van der Waals surface area contributed by atoms with E-state index in [0.29, 0.717) is 11.5 Å². The van der Waals surface area contributed by atoms with Gasteiger partial charge in [-0.15, -0.1) is 0 Å². The first-order chi connectivity index (χ1) is 9.21. The fourth-order valence-electron chi connectivity index (χ4n) is 2.18. The minimum atomic E-state index is 0.374. The van der Waals surface area contributed by atoms with E-state index in [1.165, 1.54) is 32.9 Å². The summed E-state index contributed by atoms with van der Waals surface area (Å²) in [6, 6.07) is 5.03. The second kappa shape index (κ2) is 7.95. The van der Waals surface area contributed by atoms with Crippen LogP contribution in [0.3, 0.4) is 0 Å². The van der Waals surface area contributed by atoms with E-state index in [1.54, 1.807) is 0 Å². The third-order valence-corrected chi connectivity index (χ3v) is 5.35. The molecule has 0 spiro atoms. The topological polar surface area (TPSA) is 12.0 Å². The van der Waals surface area contributed by atoms with Crippen molar-refractivity contribution in [2.24, 2.45) is 5.41 Å². The average Bonchev–Trinajstić information content (AvgIpc) is 2.31. The van der Waals surface area contributed by atoms with Gasteiger partial charge in [0.1, 0.15) is 0 Å². The van der Waals surface area contributed by atoms with Crippen molar-refractivity contribution in [2.75, 3.05) is 6.54 Å². The van der Waals surface area contributed by atoms with E-state index in [9.17, 15) is 0 Å². The maximum absolute atomic E-state index is 3.69. The lowest BCUT2D eigenvalue weighted by Gasteiger charge is -2.25. The van der Waals surface area contributed by atoms with Gasteiger partial charge in [0.15, 0.2) is 0 Å². The van der Waals surface area contributed by atoms with Gasteiger partial charge >= 0.3 is 0 Å². The summed E-state index contributed by atoms with van der Waals surface area (Å²) in [4.78, 5) is 0. The highest BCUT2D eigenvalue weighted by Gasteiger charge is 2.18. The molecule has 0 bridgehead atoms. The van der Waals surface area contributed by atoms with Crippen molar-refractivity contribution in [3.63, 3.8) is 0 Å². The van der Waals surface area contributed by atoms with Crippen molar-refractivity contribution < 1.29 is 0 Å². The second-order valence-electron chi connectivity index (χ2n) is 6.72. The maximum atomic E-state index is 3.69. The van der Waals surface area contributed by atoms with Crippen LogP contribution in [-0.4, -0.2) is 12.6 Å². The fourth-order valence-corrected chi connectivity index (χ4v) is 3.22. The van der Waals surface area contributed by atoms with Crippen LogP contribution in [0.2, 0.25) is 0 Å². The van der Waals surface area contributed by atoms with E-state index in [1.807, 2.05) is 0 Å². The molecule has 0 radical (unpaired) electrons. The van der Waals surface area contributed by atoms with Gasteiger partial charge in [-0.05, 0) is 61.4 Å². The van der Waals surface area contributed by atoms with Crippen LogP contribution in [0.5, 0.6) is 0 Å². The summed E-state index contributed by atoms with van der Waals surface area (Å²) in [6.07, 6.45) is 3.55. The summed E-state index contributed by atoms with van der Waals surface area (Å²) in [6.45, 7) is 12.4. The molecule has 0 heterocycles. The molecule has 0 atom stereocenters. The highest BCUT2D eigenvalue weighted by molar-refractivity contribution is 9.11. The first-order valence-electron chi connectivity index (χ1n) is 7.39. The van der Waals surface area contributed by atoms with Crippen LogP contribution < -0.4 is 5.32 Å². The van der Waals surface area contributed by atoms with Crippen LogP contribution in [-0.2, 0) is 6.42 Å². The highest BCUT2D eigenvalue weighted by Crippen LogP contribution is 2.31. The van der Waals surface area contributed by atoms with E-state index in [2.05, 4.69) is 83.9 Å². The van der Waals surface area contributed by atoms with Crippen molar-refractivity contribution >= 4 is 31.9 Å². The Morgan fingerprint density at radius 2 is 1.75 bits per heavy atom. The van der Waals surface area contributed by atoms with Crippen LogP contribution in [0.25, 0.3) is 0 Å². The zero-order valence-electron chi connectivity index (χ0n) is 13.3. The molecule has 0 aromatic heterocycles. The Kier molecular flexibility index (Phi) is 7.23. The van der Waals surface area contributed by atoms with Crippen molar-refractivity contribution in [3.8, 4) is 0 Å². The average molecular weight is 405 g/mol. The number of aryl methyl sites for hydroxylation is 2. The van der Waals surface area contributed by atoms with Gasteiger partial charge in [0.2, 0.25) is 0 Å². The quantitative estimate of drug-likeness (QED) is 0.599. The maximum Gasteiger partial charge on any atom is 0.0210 e. The Labute approximate surface area is 141 Å². The fraction of sp³-hybridized carbons (Fsp3) is 0.647. The summed E-state index contributed by atoms with van der Waals surface area (Å²) in [5, 5.41) is 3.51. The summed E-state index contributed by atoms with van der Waals surface area (Å²) in [7, 11) is 0. The molecule has 0 amide bonds. The van der Waals surface area contributed by atoms with Crippen LogP contribution in [0.15, 0.2) is 21.1 Å². The van der Waals surface area contributed by atoms with Crippen molar-refractivity contribution in [3.05, 3.63) is 32.2 Å². The van der Waals surface area contributed by atoms with Crippen LogP contribution in [0, 0.1) is 12.3 Å². The molecule has 1 aromatic rings. The lowest BCUT2D eigenvalue weighted by atomic mass is 9.83. The van der Waals surface area contributed by atoms with Gasteiger partial charge < -0.3 is 5.32 Å². The smallest absolute Gasteiger partial charge is 0.0210 e. The number of rotatable bonds is 7. The van der Waals surface area contributed by atoms with Crippen molar-refractivity contribution in [1.82, 2.24) is 5.32 Å². The van der Waals surface area contributed by atoms with Gasteiger partial charge in [-0.25, -0.2) is 0 Å². The molecule has 0 unspecified atom stereocenters. The monoisotopic (exact) mass is 403 g/mol. The third kappa shape index (κ3) is 6.28. The molecule has 0 fully saturated rings. The van der Waals surface area contributed by atoms with E-state index in [-0.39, 0.29) is 0 Å². The molecule has 1 N–H and O–H groups in total. The Hall–Kier alpha value is 0.140. The molecular formula is C17H27Br2N. The Morgan fingerprint density at radius 1 is 1.10 bits per heavy atom. The third-order valence-electron chi connectivity index (χ3n) is 3.75. The largest absolute Gasteiger partial charge is 0.315 e. The van der Waals surface area contributed by atoms with Gasteiger partial charge in [-0.3, -0.25) is 0 Å². The van der Waals surface area contributed by atoms with Gasteiger partial charge in [-0.1, -0.05) is 59.6 Å². The number of nitrogens with one attached hydrogen (secondary N) is 1. The summed E-state index contributed by atoms with van der Waals surface area (Å²) in [5.74, 6) is 0. The van der Waals surface area contributed by atoms with Crippen LogP contribution in [0.1, 0.15) is 51.7 Å². The molecule has 0 saturated heterocycles. The minimum absolute atomic E-state index is 0.374. The standard InChI is InChI=1S/C17H27Br2N/c1-12(2)20-9-8-17(4,5)7-6-14-11-15(18)13(3)10-16(14)19/h10-12,20H,6-9H2,1-5H3. The molecule has 0 aliphatic rings. The molecule has 3 heteroatoms. The SMILES string of the molecule is Cc1cc(Br)c(CCC(C)(C)CCNC(C)C)cc1Br. The van der Waals surface area contributed by atoms with E-state index < -0.39 is 0 Å². The normalized spacial score (nSPS) is 12.2. The minimum Gasteiger partial charge on any atom is -0.315 e. The molecule has 1 nitrogen and oxygen atoms in total. The van der Waals surface area contributed by atoms with Gasteiger partial charge in [0.05, 0.1) is 0 Å². The number of halogens is 2. The molecule has 1 rings (SSSR count). The number of hydrogen-bond donors (Lipinski definition) is 1. The molecule has 0 aliphatic carbocycles. The Balaban J connectivity index is 2.55. The molecule has 0 saturated carbocycles. The first-order valence-corrected chi connectivity index (χ1v) is 8.98. The predicted molar refractivity (Wildman–Crippen MR) is 96.4 cm³/mol. The van der Waals surface area contributed by atoms with Crippen molar-refractivity contribution in [2.45, 2.75) is 59.9 Å². The predicted octanol–water partition coefficient (Wildman–Crippen LogP) is 5.87. The molecule has 0 aliphatic heterocycles. The van der Waals surface area contributed by atoms with Gasteiger partial charge in [0, 0.05) is 15.0 Å². The lowest BCUT2D eigenvalue weighted by Crippen LogP contribution is -2.28. The zero-order chi connectivity index (χ0) is 15.3. The molecule has 1 aromatic carbocycles. The molecule has 114 valence electrons. The number of benzene rings is 1. The number of hydrogen-bond acceptors (Lipinski definition) is 1. The van der Waals surface area contributed by atoms with E-state index in [4.69, 9.17) is 0 Å². The molecule has 20 heavy (non-hydrogen) atoms. The summed E-state index contributed by atoms with van der Waals surface area (Å²) >= 11 is 7.32. The molecular weight excluding hydrogens is 378 g/mol. The second-order valence-corrected chi connectivity index (χ2v) is 8.42. The Bertz CT molecular complexity index is 439. The van der Waals surface area contributed by atoms with Gasteiger partial charge in [0.25, 0.3) is 0 Å². The highest BCUT2D eigenvalue weighted by atomic mass is 79.9. The van der Waals surface area contributed by atoms with E-state index >= 15 is 0 Å². The van der Waals surface area contributed by atoms with Gasteiger partial charge in [-0.2, -0.15) is 0 Å².